The summed E-state index contributed by atoms with van der Waals surface area (Å²) in [6.45, 7) is 0.327. The quantitative estimate of drug-likeness (QED) is 0.668. The molecule has 0 saturated carbocycles. The minimum absolute atomic E-state index is 0.0161. The molecule has 0 bridgehead atoms. The third-order valence-corrected chi connectivity index (χ3v) is 3.98. The molecule has 2 aliphatic rings. The van der Waals surface area contributed by atoms with E-state index in [1.807, 2.05) is 12.1 Å². The highest BCUT2D eigenvalue weighted by atomic mass is 16.1. The van der Waals surface area contributed by atoms with Gasteiger partial charge in [0.25, 0.3) is 0 Å². The van der Waals surface area contributed by atoms with Gasteiger partial charge in [-0.05, 0) is 36.4 Å². The number of carbonyl (C=O) groups is 1. The molecule has 0 amide bonds. The molecule has 23 heavy (non-hydrogen) atoms. The molecule has 1 unspecified atom stereocenters. The summed E-state index contributed by atoms with van der Waals surface area (Å²) in [7, 11) is 0. The maximum absolute atomic E-state index is 12.9. The Morgan fingerprint density at radius 1 is 1.17 bits per heavy atom. The zero-order valence-electron chi connectivity index (χ0n) is 12.2. The Balaban J connectivity index is 1.83. The maximum Gasteiger partial charge on any atom is 0.172 e. The number of benzene rings is 1. The van der Waals surface area contributed by atoms with E-state index in [0.29, 0.717) is 29.0 Å². The topological polar surface area (TPSA) is 93.1 Å². The van der Waals surface area contributed by atoms with E-state index in [-0.39, 0.29) is 5.78 Å². The van der Waals surface area contributed by atoms with E-state index in [9.17, 15) is 4.79 Å². The number of nitrogens with two attached hydrogens (primary N) is 1. The van der Waals surface area contributed by atoms with Crippen LogP contribution in [-0.2, 0) is 0 Å². The largest absolute Gasteiger partial charge is 0.399 e. The van der Waals surface area contributed by atoms with Crippen LogP contribution >= 0.6 is 0 Å². The predicted molar refractivity (Wildman–Crippen MR) is 84.9 cm³/mol. The fourth-order valence-corrected chi connectivity index (χ4v) is 2.79. The molecule has 6 heteroatoms. The number of carbonyl (C=O) groups excluding carboxylic acids is 1. The lowest BCUT2D eigenvalue weighted by Gasteiger charge is -2.14. The van der Waals surface area contributed by atoms with Gasteiger partial charge in [0.1, 0.15) is 5.70 Å². The van der Waals surface area contributed by atoms with Crippen molar-refractivity contribution in [2.24, 2.45) is 21.1 Å². The van der Waals surface area contributed by atoms with Gasteiger partial charge in [0.2, 0.25) is 0 Å². The average Bonchev–Trinajstić information content (AvgIpc) is 2.99. The van der Waals surface area contributed by atoms with Crippen molar-refractivity contribution >= 4 is 17.2 Å². The second-order valence-corrected chi connectivity index (χ2v) is 5.40. The lowest BCUT2D eigenvalue weighted by Crippen LogP contribution is -2.29. The van der Waals surface area contributed by atoms with Crippen LogP contribution in [0.4, 0.5) is 5.69 Å². The summed E-state index contributed by atoms with van der Waals surface area (Å²) in [4.78, 5) is 21.7. The number of fused-ring (bicyclic) bond motifs is 2. The van der Waals surface area contributed by atoms with Gasteiger partial charge in [-0.25, -0.2) is 4.98 Å². The molecule has 1 atom stereocenters. The number of azo groups is 1. The first-order valence-corrected chi connectivity index (χ1v) is 7.25. The number of rotatable bonds is 2. The van der Waals surface area contributed by atoms with Crippen LogP contribution in [0.25, 0.3) is 5.70 Å². The van der Waals surface area contributed by atoms with Crippen molar-refractivity contribution in [3.05, 3.63) is 70.6 Å². The maximum atomic E-state index is 12.9. The number of ketones is 1. The van der Waals surface area contributed by atoms with Crippen LogP contribution in [0.3, 0.4) is 0 Å². The first-order valence-electron chi connectivity index (χ1n) is 7.25. The van der Waals surface area contributed by atoms with E-state index in [1.165, 1.54) is 0 Å². The molecular formula is C17H13N5O. The van der Waals surface area contributed by atoms with Crippen molar-refractivity contribution in [1.29, 1.82) is 0 Å². The first kappa shape index (κ1) is 13.5. The van der Waals surface area contributed by atoms with Gasteiger partial charge in [0.15, 0.2) is 11.3 Å². The monoisotopic (exact) mass is 303 g/mol. The molecular weight excluding hydrogens is 290 g/mol. The molecule has 0 saturated heterocycles. The van der Waals surface area contributed by atoms with Crippen molar-refractivity contribution in [2.45, 2.75) is 0 Å². The first-order chi connectivity index (χ1) is 11.2. The molecule has 2 N–H and O–H groups in total. The summed E-state index contributed by atoms with van der Waals surface area (Å²) < 4.78 is 0. The molecule has 2 aromatic rings. The molecule has 4 rings (SSSR count). The van der Waals surface area contributed by atoms with Gasteiger partial charge in [-0.1, -0.05) is 0 Å². The lowest BCUT2D eigenvalue weighted by atomic mass is 9.89. The third kappa shape index (κ3) is 2.24. The Morgan fingerprint density at radius 2 is 2.00 bits per heavy atom. The van der Waals surface area contributed by atoms with E-state index in [1.54, 1.807) is 36.7 Å². The predicted octanol–water partition coefficient (Wildman–Crippen LogP) is 1.25. The number of nitrogen functional groups attached to an aromatic ring is 1. The fourth-order valence-electron chi connectivity index (χ4n) is 2.79. The van der Waals surface area contributed by atoms with Crippen LogP contribution in [0.1, 0.15) is 10.4 Å². The highest BCUT2D eigenvalue weighted by Gasteiger charge is 2.30. The Hall–Kier alpha value is -3.15. The Labute approximate surface area is 131 Å². The van der Waals surface area contributed by atoms with Crippen molar-refractivity contribution in [3.8, 4) is 0 Å². The Bertz CT molecular complexity index is 973. The standard InChI is InChI=1S/C17H13N5O/c18-11-5-3-10(4-6-11)16(23)14-8-20-17-12(2-1-7-19-17)15-13(14)9-21-22-15/h1-7,9,14H,8,18H2. The van der Waals surface area contributed by atoms with E-state index < -0.39 is 5.92 Å². The van der Waals surface area contributed by atoms with Crippen molar-refractivity contribution < 1.29 is 4.79 Å². The minimum atomic E-state index is -0.419. The van der Waals surface area contributed by atoms with Gasteiger partial charge in [0.05, 0.1) is 18.7 Å². The van der Waals surface area contributed by atoms with Crippen LogP contribution < -0.4 is 16.4 Å². The number of nitrogens with zero attached hydrogens (tertiary/aromatic N) is 4. The Kier molecular flexibility index (Phi) is 3.08. The van der Waals surface area contributed by atoms with Gasteiger partial charge < -0.3 is 5.73 Å². The number of hydrogen-bond acceptors (Lipinski definition) is 6. The minimum Gasteiger partial charge on any atom is -0.399 e. The van der Waals surface area contributed by atoms with Crippen LogP contribution in [0.5, 0.6) is 0 Å². The number of aromatic nitrogens is 1. The highest BCUT2D eigenvalue weighted by Crippen LogP contribution is 2.30. The summed E-state index contributed by atoms with van der Waals surface area (Å²) in [6.07, 6.45) is 3.33. The number of pyridine rings is 1. The molecule has 3 heterocycles. The molecule has 2 aliphatic heterocycles. The van der Waals surface area contributed by atoms with Crippen LogP contribution in [0.2, 0.25) is 0 Å². The number of Topliss-reactive ketones (excluding diaryl/α,β-unsaturated/α-hetero) is 1. The van der Waals surface area contributed by atoms with Crippen LogP contribution in [0, 0.1) is 5.92 Å². The summed E-state index contributed by atoms with van der Waals surface area (Å²) in [6, 6.07) is 10.6. The summed E-state index contributed by atoms with van der Waals surface area (Å²) >= 11 is 0. The zero-order chi connectivity index (χ0) is 15.8. The molecule has 6 nitrogen and oxygen atoms in total. The lowest BCUT2D eigenvalue weighted by molar-refractivity contribution is 0.0945. The summed E-state index contributed by atoms with van der Waals surface area (Å²) in [5.74, 6) is -0.435. The van der Waals surface area contributed by atoms with Gasteiger partial charge in [-0.2, -0.15) is 10.2 Å². The second-order valence-electron chi connectivity index (χ2n) is 5.40. The van der Waals surface area contributed by atoms with E-state index in [2.05, 4.69) is 20.2 Å². The van der Waals surface area contributed by atoms with Crippen molar-refractivity contribution in [1.82, 2.24) is 4.98 Å². The van der Waals surface area contributed by atoms with Crippen LogP contribution in [-0.4, -0.2) is 17.3 Å². The van der Waals surface area contributed by atoms with Gasteiger partial charge in [-0.15, -0.1) is 0 Å². The number of hydrogen-bond donors (Lipinski definition) is 1. The molecule has 0 aliphatic carbocycles. The van der Waals surface area contributed by atoms with E-state index >= 15 is 0 Å². The zero-order valence-corrected chi connectivity index (χ0v) is 12.2. The summed E-state index contributed by atoms with van der Waals surface area (Å²) in [5, 5.41) is 8.98. The molecule has 1 aromatic carbocycles. The molecule has 1 aromatic heterocycles. The summed E-state index contributed by atoms with van der Waals surface area (Å²) in [5.41, 5.74) is 8.99. The normalized spacial score (nSPS) is 18.5. The molecule has 0 spiro atoms. The third-order valence-electron chi connectivity index (χ3n) is 3.98. The average molecular weight is 303 g/mol. The van der Waals surface area contributed by atoms with Crippen LogP contribution in [0.15, 0.2) is 69.6 Å². The van der Waals surface area contributed by atoms with Crippen molar-refractivity contribution in [3.63, 3.8) is 0 Å². The van der Waals surface area contributed by atoms with E-state index in [0.717, 1.165) is 10.8 Å². The van der Waals surface area contributed by atoms with E-state index in [4.69, 9.17) is 5.73 Å². The second kappa shape index (κ2) is 5.24. The van der Waals surface area contributed by atoms with Gasteiger partial charge >= 0.3 is 0 Å². The SMILES string of the molecule is Nc1ccc(C(=O)C2CN=c3ncccc3=C3N=NC=C32)cc1. The smallest absolute Gasteiger partial charge is 0.172 e. The number of anilines is 1. The molecule has 0 radical (unpaired) electrons. The van der Waals surface area contributed by atoms with Gasteiger partial charge in [-0.3, -0.25) is 9.79 Å². The molecule has 0 fully saturated rings. The van der Waals surface area contributed by atoms with Gasteiger partial charge in [0, 0.05) is 28.2 Å². The Morgan fingerprint density at radius 3 is 2.83 bits per heavy atom. The van der Waals surface area contributed by atoms with Crippen molar-refractivity contribution in [2.75, 3.05) is 12.3 Å². The fraction of sp³-hybridized carbons (Fsp3) is 0.118. The molecule has 112 valence electrons. The highest BCUT2D eigenvalue weighted by molar-refractivity contribution is 6.02.